The SMILES string of the molecule is COc1ccc2[nH]c3c(c2c1)CCN1C(=O)N(C(C)C(=O)NC(CC(N)=O)C(=O)O)C(=O)C31C. The number of nitrogens with zero attached hydrogens (tertiary/aromatic N) is 2. The number of fused-ring (bicyclic) bond motifs is 5. The molecule has 1 fully saturated rings. The van der Waals surface area contributed by atoms with Crippen molar-refractivity contribution in [3.8, 4) is 5.75 Å². The van der Waals surface area contributed by atoms with Gasteiger partial charge in [-0.3, -0.25) is 14.4 Å². The second kappa shape index (κ2) is 8.04. The molecule has 1 saturated heterocycles. The molecule has 0 bridgehead atoms. The molecule has 34 heavy (non-hydrogen) atoms. The van der Waals surface area contributed by atoms with Gasteiger partial charge in [0.2, 0.25) is 11.8 Å². The first kappa shape index (κ1) is 23.1. The van der Waals surface area contributed by atoms with E-state index in [9.17, 15) is 29.1 Å². The van der Waals surface area contributed by atoms with Gasteiger partial charge in [0.25, 0.3) is 5.91 Å². The van der Waals surface area contributed by atoms with Crippen LogP contribution in [0.2, 0.25) is 0 Å². The van der Waals surface area contributed by atoms with Crippen LogP contribution in [0.15, 0.2) is 18.2 Å². The zero-order valence-corrected chi connectivity index (χ0v) is 18.9. The third-order valence-corrected chi connectivity index (χ3v) is 6.58. The lowest BCUT2D eigenvalue weighted by Gasteiger charge is -2.36. The standard InChI is InChI=1S/C22H25N5O7/c1-10(18(29)25-15(19(30)31)9-16(23)28)27-20(32)22(2)17-12(6-7-26(22)21(27)33)13-8-11(34-3)4-5-14(13)24-17/h4-5,8,10,15,24H,6-7,9H2,1-3H3,(H2,23,28)(H,25,29)(H,30,31). The van der Waals surface area contributed by atoms with Gasteiger partial charge in [0, 0.05) is 17.4 Å². The van der Waals surface area contributed by atoms with Crippen LogP contribution in [0.5, 0.6) is 5.75 Å². The van der Waals surface area contributed by atoms with Crippen molar-refractivity contribution in [1.29, 1.82) is 0 Å². The minimum Gasteiger partial charge on any atom is -0.497 e. The number of nitrogens with two attached hydrogens (primary N) is 1. The Kier molecular flexibility index (Phi) is 5.46. The number of amides is 5. The van der Waals surface area contributed by atoms with Crippen LogP contribution in [0.3, 0.4) is 0 Å². The third kappa shape index (κ3) is 3.33. The molecule has 0 aliphatic carbocycles. The Labute approximate surface area is 194 Å². The van der Waals surface area contributed by atoms with E-state index in [4.69, 9.17) is 10.5 Å². The Hall–Kier alpha value is -4.09. The van der Waals surface area contributed by atoms with Gasteiger partial charge in [-0.1, -0.05) is 0 Å². The van der Waals surface area contributed by atoms with E-state index >= 15 is 0 Å². The minimum atomic E-state index is -1.58. The number of H-pyrrole nitrogens is 1. The van der Waals surface area contributed by atoms with Crippen molar-refractivity contribution in [2.75, 3.05) is 13.7 Å². The highest BCUT2D eigenvalue weighted by Gasteiger charge is 2.60. The molecule has 12 heteroatoms. The van der Waals surface area contributed by atoms with Gasteiger partial charge < -0.3 is 30.8 Å². The molecule has 4 rings (SSSR count). The summed E-state index contributed by atoms with van der Waals surface area (Å²) in [5.74, 6) is -3.21. The number of nitrogens with one attached hydrogen (secondary N) is 2. The van der Waals surface area contributed by atoms with Crippen LogP contribution in [-0.2, 0) is 31.1 Å². The van der Waals surface area contributed by atoms with Crippen LogP contribution < -0.4 is 15.8 Å². The lowest BCUT2D eigenvalue weighted by molar-refractivity contribution is -0.144. The fourth-order valence-electron chi connectivity index (χ4n) is 4.72. The maximum atomic E-state index is 13.6. The van der Waals surface area contributed by atoms with Crippen LogP contribution in [-0.4, -0.2) is 75.4 Å². The summed E-state index contributed by atoms with van der Waals surface area (Å²) in [5, 5.41) is 12.3. The molecule has 3 heterocycles. The molecule has 3 atom stereocenters. The van der Waals surface area contributed by atoms with Crippen molar-refractivity contribution in [3.05, 3.63) is 29.5 Å². The lowest BCUT2D eigenvalue weighted by Crippen LogP contribution is -2.53. The molecule has 2 aromatic rings. The minimum absolute atomic E-state index is 0.252. The molecule has 5 amide bonds. The fraction of sp³-hybridized carbons (Fsp3) is 0.409. The number of methoxy groups -OCH3 is 1. The number of hydrogen-bond donors (Lipinski definition) is 4. The molecule has 180 valence electrons. The first-order chi connectivity index (χ1) is 16.0. The Balaban J connectivity index is 1.67. The van der Waals surface area contributed by atoms with E-state index in [1.807, 2.05) is 12.1 Å². The van der Waals surface area contributed by atoms with Crippen molar-refractivity contribution in [2.24, 2.45) is 5.73 Å². The zero-order valence-electron chi connectivity index (χ0n) is 18.9. The number of urea groups is 1. The molecule has 1 aromatic carbocycles. The summed E-state index contributed by atoms with van der Waals surface area (Å²) in [6.45, 7) is 3.20. The number of carbonyl (C=O) groups excluding carboxylic acids is 4. The smallest absolute Gasteiger partial charge is 0.328 e. The van der Waals surface area contributed by atoms with E-state index in [2.05, 4.69) is 10.3 Å². The quantitative estimate of drug-likeness (QED) is 0.412. The highest BCUT2D eigenvalue weighted by atomic mass is 16.5. The summed E-state index contributed by atoms with van der Waals surface area (Å²) < 4.78 is 5.31. The van der Waals surface area contributed by atoms with E-state index in [1.165, 1.54) is 11.8 Å². The van der Waals surface area contributed by atoms with E-state index in [0.29, 0.717) is 17.9 Å². The second-order valence-corrected chi connectivity index (χ2v) is 8.57. The van der Waals surface area contributed by atoms with Gasteiger partial charge in [-0.15, -0.1) is 0 Å². The first-order valence-corrected chi connectivity index (χ1v) is 10.7. The monoisotopic (exact) mass is 471 g/mol. The number of aliphatic carboxylic acids is 1. The number of carbonyl (C=O) groups is 5. The summed E-state index contributed by atoms with van der Waals surface area (Å²) in [6.07, 6.45) is -0.132. The summed E-state index contributed by atoms with van der Waals surface area (Å²) in [7, 11) is 1.56. The predicted octanol–water partition coefficient (Wildman–Crippen LogP) is 0.0453. The number of rotatable bonds is 7. The topological polar surface area (TPSA) is 175 Å². The molecule has 0 saturated carbocycles. The Morgan fingerprint density at radius 1 is 1.32 bits per heavy atom. The second-order valence-electron chi connectivity index (χ2n) is 8.57. The van der Waals surface area contributed by atoms with Crippen LogP contribution in [0.25, 0.3) is 10.9 Å². The van der Waals surface area contributed by atoms with E-state index < -0.39 is 53.8 Å². The van der Waals surface area contributed by atoms with Crippen molar-refractivity contribution < 1.29 is 33.8 Å². The number of imide groups is 1. The maximum Gasteiger partial charge on any atom is 0.328 e. The third-order valence-electron chi connectivity index (χ3n) is 6.58. The molecular weight excluding hydrogens is 446 g/mol. The van der Waals surface area contributed by atoms with Crippen molar-refractivity contribution in [3.63, 3.8) is 0 Å². The van der Waals surface area contributed by atoms with Gasteiger partial charge in [-0.2, -0.15) is 0 Å². The fourth-order valence-corrected chi connectivity index (χ4v) is 4.72. The molecule has 0 spiro atoms. The molecule has 12 nitrogen and oxygen atoms in total. The highest BCUT2D eigenvalue weighted by molar-refractivity contribution is 6.11. The van der Waals surface area contributed by atoms with Crippen LogP contribution in [0, 0.1) is 0 Å². The number of aromatic amines is 1. The van der Waals surface area contributed by atoms with Crippen LogP contribution in [0.1, 0.15) is 31.5 Å². The van der Waals surface area contributed by atoms with Gasteiger partial charge >= 0.3 is 12.0 Å². The lowest BCUT2D eigenvalue weighted by atomic mass is 9.87. The van der Waals surface area contributed by atoms with E-state index in [-0.39, 0.29) is 6.54 Å². The average molecular weight is 471 g/mol. The molecule has 2 aliphatic rings. The Bertz CT molecular complexity index is 1240. The van der Waals surface area contributed by atoms with Crippen LogP contribution in [0.4, 0.5) is 4.79 Å². The molecule has 5 N–H and O–H groups in total. The molecule has 0 radical (unpaired) electrons. The molecule has 1 aromatic heterocycles. The van der Waals surface area contributed by atoms with E-state index in [1.54, 1.807) is 20.1 Å². The summed E-state index contributed by atoms with van der Waals surface area (Å²) in [4.78, 5) is 67.7. The summed E-state index contributed by atoms with van der Waals surface area (Å²) >= 11 is 0. The number of carboxylic acid groups (broad SMARTS) is 1. The van der Waals surface area contributed by atoms with Crippen molar-refractivity contribution in [2.45, 2.75) is 44.3 Å². The Morgan fingerprint density at radius 3 is 2.65 bits per heavy atom. The number of hydrogen-bond acceptors (Lipinski definition) is 6. The maximum absolute atomic E-state index is 13.6. The van der Waals surface area contributed by atoms with Gasteiger partial charge in [0.15, 0.2) is 5.54 Å². The number of aromatic nitrogens is 1. The summed E-state index contributed by atoms with van der Waals surface area (Å²) in [6, 6.07) is 1.94. The van der Waals surface area contributed by atoms with Crippen molar-refractivity contribution >= 4 is 40.6 Å². The zero-order chi connectivity index (χ0) is 24.9. The number of primary amides is 1. The Morgan fingerprint density at radius 2 is 2.03 bits per heavy atom. The first-order valence-electron chi connectivity index (χ1n) is 10.7. The number of ether oxygens (including phenoxy) is 1. The molecular formula is C22H25N5O7. The number of benzene rings is 1. The molecule has 2 aliphatic heterocycles. The number of carboxylic acids is 1. The summed E-state index contributed by atoms with van der Waals surface area (Å²) in [5.41, 5.74) is 5.92. The van der Waals surface area contributed by atoms with Gasteiger partial charge in [0.1, 0.15) is 17.8 Å². The predicted molar refractivity (Wildman–Crippen MR) is 118 cm³/mol. The van der Waals surface area contributed by atoms with Gasteiger partial charge in [-0.05, 0) is 44.0 Å². The van der Waals surface area contributed by atoms with Crippen molar-refractivity contribution in [1.82, 2.24) is 20.1 Å². The highest BCUT2D eigenvalue weighted by Crippen LogP contribution is 2.45. The average Bonchev–Trinajstić information content (AvgIpc) is 3.25. The van der Waals surface area contributed by atoms with E-state index in [0.717, 1.165) is 21.4 Å². The van der Waals surface area contributed by atoms with Crippen LogP contribution >= 0.6 is 0 Å². The van der Waals surface area contributed by atoms with Gasteiger partial charge in [0.05, 0.1) is 19.2 Å². The molecule has 3 unspecified atom stereocenters. The van der Waals surface area contributed by atoms with Gasteiger partial charge in [-0.25, -0.2) is 14.5 Å². The normalized spacial score (nSPS) is 21.1. The largest absolute Gasteiger partial charge is 0.497 e.